The first kappa shape index (κ1) is 50.9. The van der Waals surface area contributed by atoms with Crippen LogP contribution in [0.5, 0.6) is 5.75 Å². The molecule has 0 spiro atoms. The molecule has 314 valence electrons. The van der Waals surface area contributed by atoms with Crippen molar-refractivity contribution in [2.45, 2.75) is 70.4 Å². The third-order valence-electron chi connectivity index (χ3n) is 8.72. The van der Waals surface area contributed by atoms with Crippen LogP contribution in [0.3, 0.4) is 0 Å². The fourth-order valence-electron chi connectivity index (χ4n) is 5.94. The van der Waals surface area contributed by atoms with Crippen molar-refractivity contribution in [1.82, 2.24) is 19.1 Å². The van der Waals surface area contributed by atoms with Gasteiger partial charge in [0.15, 0.2) is 0 Å². The number of benzene rings is 2. The van der Waals surface area contributed by atoms with E-state index in [1.165, 1.54) is 32.4 Å². The van der Waals surface area contributed by atoms with Gasteiger partial charge in [-0.15, -0.1) is 6.22 Å². The van der Waals surface area contributed by atoms with E-state index in [0.717, 1.165) is 45.2 Å². The summed E-state index contributed by atoms with van der Waals surface area (Å²) in [4.78, 5) is 15.3. The molecule has 3 N–H and O–H groups in total. The Kier molecular flexibility index (Phi) is 26.2. The summed E-state index contributed by atoms with van der Waals surface area (Å²) in [5.74, 6) is 7.38. The van der Waals surface area contributed by atoms with E-state index in [4.69, 9.17) is 26.8 Å². The summed E-state index contributed by atoms with van der Waals surface area (Å²) >= 11 is 1.63. The molecular formula is C43H67B3N6O5S. The molecule has 4 rings (SSSR count). The van der Waals surface area contributed by atoms with Crippen molar-refractivity contribution >= 4 is 63.7 Å². The van der Waals surface area contributed by atoms with Crippen LogP contribution in [0.1, 0.15) is 52.1 Å². The zero-order valence-electron chi connectivity index (χ0n) is 36.3. The van der Waals surface area contributed by atoms with E-state index >= 15 is 0 Å². The molecule has 58 heavy (non-hydrogen) atoms. The van der Waals surface area contributed by atoms with Crippen LogP contribution < -0.4 is 20.7 Å². The molecule has 1 saturated heterocycles. The van der Waals surface area contributed by atoms with Crippen molar-refractivity contribution in [3.8, 4) is 17.6 Å². The molecule has 6 radical (unpaired) electrons. The fourth-order valence-corrected chi connectivity index (χ4v) is 6.76. The number of ether oxygens (including phenoxy) is 4. The lowest BCUT2D eigenvalue weighted by atomic mass is 9.88. The topological polar surface area (TPSA) is 101 Å². The number of anilines is 2. The third-order valence-corrected chi connectivity index (χ3v) is 9.68. The molecule has 3 aromatic rings. The first-order valence-corrected chi connectivity index (χ1v) is 21.1. The number of likely N-dealkylation sites (N-methyl/N-ethyl adjacent to an activating group) is 1. The van der Waals surface area contributed by atoms with E-state index in [0.29, 0.717) is 72.0 Å². The van der Waals surface area contributed by atoms with E-state index in [1.807, 2.05) is 53.1 Å². The normalized spacial score (nSPS) is 12.8. The number of hydrogen-bond donors (Lipinski definition) is 3. The van der Waals surface area contributed by atoms with Crippen LogP contribution in [-0.4, -0.2) is 144 Å². The van der Waals surface area contributed by atoms with Crippen LogP contribution in [-0.2, 0) is 25.5 Å². The summed E-state index contributed by atoms with van der Waals surface area (Å²) in [7, 11) is 23.0. The Labute approximate surface area is 358 Å². The molecule has 15 heteroatoms. The number of fused-ring (bicyclic) bond motifs is 1. The van der Waals surface area contributed by atoms with Crippen molar-refractivity contribution in [3.63, 3.8) is 0 Å². The van der Waals surface area contributed by atoms with E-state index in [-0.39, 0.29) is 17.5 Å². The molecular weight excluding hydrogens is 745 g/mol. The second-order valence-corrected chi connectivity index (χ2v) is 16.2. The van der Waals surface area contributed by atoms with Gasteiger partial charge in [-0.1, -0.05) is 45.5 Å². The van der Waals surface area contributed by atoms with E-state index in [1.54, 1.807) is 19.1 Å². The summed E-state index contributed by atoms with van der Waals surface area (Å²) in [5.41, 5.74) is 4.00. The van der Waals surface area contributed by atoms with Gasteiger partial charge in [-0.3, -0.25) is 4.79 Å². The zero-order chi connectivity index (χ0) is 42.6. The first-order chi connectivity index (χ1) is 28.0. The Morgan fingerprint density at radius 1 is 0.931 bits per heavy atom. The number of nitrogens with zero attached hydrogens (tertiary/aromatic N) is 3. The zero-order valence-corrected chi connectivity index (χ0v) is 37.1. The van der Waals surface area contributed by atoms with Crippen LogP contribution >= 0.6 is 11.9 Å². The van der Waals surface area contributed by atoms with Crippen molar-refractivity contribution in [3.05, 3.63) is 48.2 Å². The molecule has 0 aliphatic carbocycles. The standard InChI is InChI=1S/C36H52BN5O5S.C6H13N.CH2B2/c1-36(2,3)27-35(43)40-16-19-45-21-23-47-24-22-46-20-18-41(5)48-29-12-13-32(34(26-29)44-6)39-15-8-9-28-25-30-31(38-4)10-7-11-33(30)42(28)17-14-37;1-7-5-3-2-4-6-7;2-1-3/h7,10-13,25-26,38-39H,14-24,27H2,1-6H3,(H,40,43);2-6H2,1H3;1H2. The average molecular weight is 813 g/mol. The van der Waals surface area contributed by atoms with Gasteiger partial charge in [-0.25, -0.2) is 4.31 Å². The summed E-state index contributed by atoms with van der Waals surface area (Å²) < 4.78 is 26.8. The van der Waals surface area contributed by atoms with Crippen LogP contribution in [0.2, 0.25) is 12.5 Å². The minimum Gasteiger partial charge on any atom is -0.495 e. The highest BCUT2D eigenvalue weighted by molar-refractivity contribution is 7.97. The van der Waals surface area contributed by atoms with Crippen LogP contribution in [0.4, 0.5) is 11.4 Å². The highest BCUT2D eigenvalue weighted by Crippen LogP contribution is 2.31. The van der Waals surface area contributed by atoms with Gasteiger partial charge in [0.05, 0.1) is 93.7 Å². The largest absolute Gasteiger partial charge is 0.495 e. The Bertz CT molecular complexity index is 1640. The van der Waals surface area contributed by atoms with Gasteiger partial charge in [0.2, 0.25) is 5.91 Å². The lowest BCUT2D eigenvalue weighted by Gasteiger charge is -2.20. The molecule has 2 heterocycles. The molecule has 11 nitrogen and oxygen atoms in total. The molecule has 1 fully saturated rings. The SMILES string of the molecule is CN1CCCCC1.[B]CCn1c(C#CCNc2ccc(SN(C)CCOCCOCCOCCNC(=O)CC(C)(C)C)cc2OC)cc2c(NC)cccc21.[B]C[B]. The van der Waals surface area contributed by atoms with Gasteiger partial charge in [0, 0.05) is 49.1 Å². The number of methoxy groups -OCH3 is 1. The quantitative estimate of drug-likeness (QED) is 0.0508. The van der Waals surface area contributed by atoms with Gasteiger partial charge >= 0.3 is 0 Å². The molecule has 1 aromatic heterocycles. The Balaban J connectivity index is 0.00000102. The summed E-state index contributed by atoms with van der Waals surface area (Å²) in [6.45, 7) is 14.3. The summed E-state index contributed by atoms with van der Waals surface area (Å²) in [6.07, 6.45) is 5.57. The van der Waals surface area contributed by atoms with E-state index in [9.17, 15) is 4.79 Å². The Morgan fingerprint density at radius 3 is 2.21 bits per heavy atom. The van der Waals surface area contributed by atoms with Gasteiger partial charge in [-0.2, -0.15) is 0 Å². The fraction of sp³-hybridized carbons (Fsp3) is 0.605. The van der Waals surface area contributed by atoms with Crippen LogP contribution in [0, 0.1) is 17.3 Å². The summed E-state index contributed by atoms with van der Waals surface area (Å²) in [5, 5.41) is 10.7. The smallest absolute Gasteiger partial charge is 0.220 e. The van der Waals surface area contributed by atoms with Crippen molar-refractivity contribution in [2.75, 3.05) is 111 Å². The molecule has 0 saturated carbocycles. The van der Waals surface area contributed by atoms with E-state index in [2.05, 4.69) is 88.6 Å². The van der Waals surface area contributed by atoms with Crippen molar-refractivity contribution in [1.29, 1.82) is 0 Å². The van der Waals surface area contributed by atoms with Crippen molar-refractivity contribution in [2.24, 2.45) is 5.41 Å². The van der Waals surface area contributed by atoms with Gasteiger partial charge in [0.25, 0.3) is 0 Å². The maximum absolute atomic E-state index is 11.8. The first-order valence-electron chi connectivity index (χ1n) is 20.3. The Hall–Kier alpha value is -3.25. The Morgan fingerprint density at radius 2 is 1.60 bits per heavy atom. The summed E-state index contributed by atoms with van der Waals surface area (Å²) in [6, 6.07) is 14.4. The third kappa shape index (κ3) is 21.1. The van der Waals surface area contributed by atoms with Crippen LogP contribution in [0.25, 0.3) is 10.9 Å². The second-order valence-electron chi connectivity index (χ2n) is 14.9. The molecule has 0 unspecified atom stereocenters. The number of likely N-dealkylation sites (tertiary alicyclic amines) is 1. The highest BCUT2D eigenvalue weighted by atomic mass is 32.2. The maximum Gasteiger partial charge on any atom is 0.220 e. The number of rotatable bonds is 21. The molecule has 0 bridgehead atoms. The predicted molar refractivity (Wildman–Crippen MR) is 246 cm³/mol. The minimum absolute atomic E-state index is 0.0140. The highest BCUT2D eigenvalue weighted by Gasteiger charge is 2.15. The molecule has 1 aliphatic rings. The molecule has 2 aromatic carbocycles. The average Bonchev–Trinajstić information content (AvgIpc) is 3.54. The maximum atomic E-state index is 11.8. The number of aryl methyl sites for hydroxylation is 1. The van der Waals surface area contributed by atoms with Crippen molar-refractivity contribution < 1.29 is 23.7 Å². The lowest BCUT2D eigenvalue weighted by Crippen LogP contribution is -2.30. The van der Waals surface area contributed by atoms with Gasteiger partial charge in [-0.05, 0) is 99.7 Å². The number of piperidine rings is 1. The number of aromatic nitrogens is 1. The number of carbonyl (C=O) groups excluding carboxylic acids is 1. The predicted octanol–water partition coefficient (Wildman–Crippen LogP) is 6.08. The van der Waals surface area contributed by atoms with E-state index < -0.39 is 0 Å². The van der Waals surface area contributed by atoms with Gasteiger partial charge in [0.1, 0.15) is 5.75 Å². The number of amides is 1. The number of nitrogens with one attached hydrogen (secondary N) is 3. The molecule has 0 atom stereocenters. The number of carbonyl (C=O) groups is 1. The minimum atomic E-state index is -0.0140. The second kappa shape index (κ2) is 29.9. The molecule has 1 amide bonds. The molecule has 1 aliphatic heterocycles. The number of hydrogen-bond acceptors (Lipinski definition) is 10. The monoisotopic (exact) mass is 813 g/mol. The lowest BCUT2D eigenvalue weighted by molar-refractivity contribution is -0.123. The van der Waals surface area contributed by atoms with Crippen LogP contribution in [0.15, 0.2) is 47.4 Å². The van der Waals surface area contributed by atoms with Gasteiger partial charge < -0.3 is 44.4 Å².